The molecule has 3 atom stereocenters. The Morgan fingerprint density at radius 3 is 1.81 bits per heavy atom. The summed E-state index contributed by atoms with van der Waals surface area (Å²) in [7, 11) is 0. The molecule has 2 aliphatic rings. The van der Waals surface area contributed by atoms with E-state index in [1.54, 1.807) is 0 Å². The van der Waals surface area contributed by atoms with Crippen molar-refractivity contribution in [3.05, 3.63) is 10.4 Å². The van der Waals surface area contributed by atoms with Crippen LogP contribution in [0.3, 0.4) is 0 Å². The van der Waals surface area contributed by atoms with Crippen molar-refractivity contribution < 1.29 is 4.74 Å². The van der Waals surface area contributed by atoms with Gasteiger partial charge in [-0.05, 0) is 57.9 Å². The Morgan fingerprint density at radius 2 is 1.38 bits per heavy atom. The van der Waals surface area contributed by atoms with Crippen molar-refractivity contribution in [3.8, 4) is 0 Å². The molecule has 1 unspecified atom stereocenters. The fourth-order valence-electron chi connectivity index (χ4n) is 2.98. The zero-order valence-electron chi connectivity index (χ0n) is 10.5. The molecule has 0 spiro atoms. The Balaban J connectivity index is 2.20. The molecule has 0 aromatic heterocycles. The molecule has 4 nitrogen and oxygen atoms in total. The highest BCUT2D eigenvalue weighted by molar-refractivity contribution is 4.99. The van der Waals surface area contributed by atoms with Crippen LogP contribution in [-0.4, -0.2) is 16.7 Å². The van der Waals surface area contributed by atoms with Gasteiger partial charge in [-0.3, -0.25) is 0 Å². The predicted molar refractivity (Wildman–Crippen MR) is 63.1 cm³/mol. The first-order valence-electron chi connectivity index (χ1n) is 6.15. The lowest BCUT2D eigenvalue weighted by atomic mass is 9.84. The van der Waals surface area contributed by atoms with Crippen molar-refractivity contribution >= 4 is 0 Å². The smallest absolute Gasteiger partial charge is 0.0663 e. The molecule has 2 saturated heterocycles. The van der Waals surface area contributed by atoms with Crippen LogP contribution in [0.4, 0.5) is 0 Å². The monoisotopic (exact) mass is 223 g/mol. The van der Waals surface area contributed by atoms with E-state index in [-0.39, 0.29) is 16.7 Å². The third kappa shape index (κ3) is 2.18. The molecule has 0 aromatic carbocycles. The summed E-state index contributed by atoms with van der Waals surface area (Å²) >= 11 is 0. The maximum absolute atomic E-state index is 8.65. The van der Waals surface area contributed by atoms with Gasteiger partial charge in [-0.2, -0.15) is 0 Å². The molecule has 16 heavy (non-hydrogen) atoms. The molecule has 2 fully saturated rings. The van der Waals surface area contributed by atoms with Crippen molar-refractivity contribution in [1.82, 2.24) is 0 Å². The molecule has 90 valence electrons. The number of ether oxygens (including phenoxy) is 1. The van der Waals surface area contributed by atoms with Crippen LogP contribution in [0.15, 0.2) is 5.11 Å². The molecule has 2 heterocycles. The van der Waals surface area contributed by atoms with E-state index < -0.39 is 0 Å². The zero-order chi connectivity index (χ0) is 11.9. The van der Waals surface area contributed by atoms with Crippen LogP contribution in [-0.2, 0) is 4.74 Å². The van der Waals surface area contributed by atoms with Crippen LogP contribution < -0.4 is 0 Å². The van der Waals surface area contributed by atoms with E-state index in [9.17, 15) is 0 Å². The van der Waals surface area contributed by atoms with Gasteiger partial charge in [-0.25, -0.2) is 0 Å². The van der Waals surface area contributed by atoms with E-state index in [1.165, 1.54) is 0 Å². The van der Waals surface area contributed by atoms with E-state index >= 15 is 0 Å². The lowest BCUT2D eigenvalue weighted by Crippen LogP contribution is -2.38. The first kappa shape index (κ1) is 11.7. The minimum atomic E-state index is -0.217. The van der Waals surface area contributed by atoms with Crippen LogP contribution in [0.1, 0.15) is 59.3 Å². The Bertz CT molecular complexity index is 317. The van der Waals surface area contributed by atoms with Gasteiger partial charge in [0, 0.05) is 10.5 Å². The van der Waals surface area contributed by atoms with Crippen molar-refractivity contribution in [2.75, 3.05) is 0 Å². The maximum Gasteiger partial charge on any atom is 0.0663 e. The van der Waals surface area contributed by atoms with E-state index in [1.807, 2.05) is 0 Å². The van der Waals surface area contributed by atoms with Crippen LogP contribution in [0, 0.1) is 0 Å². The van der Waals surface area contributed by atoms with E-state index in [0.717, 1.165) is 38.5 Å². The number of rotatable bonds is 1. The molecule has 0 aliphatic carbocycles. The average Bonchev–Trinajstić information content (AvgIpc) is 2.53. The fraction of sp³-hybridized carbons (Fsp3) is 1.00. The molecule has 2 rings (SSSR count). The summed E-state index contributed by atoms with van der Waals surface area (Å²) in [5.41, 5.74) is 8.43. The number of hydrogen-bond acceptors (Lipinski definition) is 2. The summed E-state index contributed by atoms with van der Waals surface area (Å²) in [5.74, 6) is 0. The highest BCUT2D eigenvalue weighted by atomic mass is 16.5. The third-order valence-electron chi connectivity index (χ3n) is 4.35. The van der Waals surface area contributed by atoms with Crippen LogP contribution >= 0.6 is 0 Å². The average molecular weight is 223 g/mol. The Kier molecular flexibility index (Phi) is 2.67. The summed E-state index contributed by atoms with van der Waals surface area (Å²) in [6.45, 7) is 6.46. The summed E-state index contributed by atoms with van der Waals surface area (Å²) < 4.78 is 6.21. The Morgan fingerprint density at radius 1 is 0.938 bits per heavy atom. The van der Waals surface area contributed by atoms with Crippen molar-refractivity contribution in [3.63, 3.8) is 0 Å². The molecule has 0 saturated carbocycles. The van der Waals surface area contributed by atoms with Gasteiger partial charge in [-0.1, -0.05) is 12.0 Å². The van der Waals surface area contributed by atoms with Crippen LogP contribution in [0.5, 0.6) is 0 Å². The molecule has 2 aliphatic heterocycles. The lowest BCUT2D eigenvalue weighted by Gasteiger charge is -2.38. The van der Waals surface area contributed by atoms with Gasteiger partial charge in [-0.15, -0.1) is 0 Å². The maximum atomic E-state index is 8.65. The number of azide groups is 1. The molecular formula is C12H21N3O. The summed E-state index contributed by atoms with van der Waals surface area (Å²) in [5, 5.41) is 4.00. The van der Waals surface area contributed by atoms with Gasteiger partial charge >= 0.3 is 0 Å². The standard InChI is InChI=1S/C12H21N3O/c1-10(14-15-13)4-6-11(2)8-9-12(3,16-11)7-5-10/h4-9H2,1-3H3/t10?,11-,12+. The minimum Gasteiger partial charge on any atom is -0.369 e. The SMILES string of the molecule is CC1(N=[N+]=[N-])CC[C@@]2(C)CC[C@@](C)(CC1)O2. The predicted octanol–water partition coefficient (Wildman–Crippen LogP) is 3.96. The lowest BCUT2D eigenvalue weighted by molar-refractivity contribution is -0.106. The molecule has 0 aromatic rings. The molecular weight excluding hydrogens is 202 g/mol. The first-order chi connectivity index (χ1) is 7.39. The summed E-state index contributed by atoms with van der Waals surface area (Å²) in [4.78, 5) is 3.00. The fourth-order valence-corrected chi connectivity index (χ4v) is 2.98. The second-order valence-corrected chi connectivity index (χ2v) is 6.19. The Hall–Kier alpha value is -0.730. The van der Waals surface area contributed by atoms with E-state index in [2.05, 4.69) is 30.8 Å². The molecule has 0 amide bonds. The molecule has 2 bridgehead atoms. The van der Waals surface area contributed by atoms with Gasteiger partial charge in [0.15, 0.2) is 0 Å². The second kappa shape index (κ2) is 3.64. The van der Waals surface area contributed by atoms with Gasteiger partial charge in [0.05, 0.1) is 11.2 Å². The normalized spacial score (nSPS) is 47.9. The quantitative estimate of drug-likeness (QED) is 0.377. The first-order valence-corrected chi connectivity index (χ1v) is 6.15. The highest BCUT2D eigenvalue weighted by Gasteiger charge is 2.46. The highest BCUT2D eigenvalue weighted by Crippen LogP contribution is 2.47. The molecule has 0 N–H and O–H groups in total. The topological polar surface area (TPSA) is 58.0 Å². The molecule has 4 heteroatoms. The second-order valence-electron chi connectivity index (χ2n) is 6.19. The van der Waals surface area contributed by atoms with Gasteiger partial charge < -0.3 is 4.74 Å². The Labute approximate surface area is 97.0 Å². The number of hydrogen-bond donors (Lipinski definition) is 0. The summed E-state index contributed by atoms with van der Waals surface area (Å²) in [6, 6.07) is 0. The van der Waals surface area contributed by atoms with Crippen molar-refractivity contribution in [2.45, 2.75) is 76.0 Å². The minimum absolute atomic E-state index is 0.00139. The van der Waals surface area contributed by atoms with E-state index in [4.69, 9.17) is 10.3 Å². The largest absolute Gasteiger partial charge is 0.369 e. The number of fused-ring (bicyclic) bond motifs is 2. The van der Waals surface area contributed by atoms with Gasteiger partial charge in [0.2, 0.25) is 0 Å². The van der Waals surface area contributed by atoms with Crippen LogP contribution in [0.25, 0.3) is 10.4 Å². The van der Waals surface area contributed by atoms with Gasteiger partial charge in [0.1, 0.15) is 0 Å². The number of nitrogens with zero attached hydrogens (tertiary/aromatic N) is 3. The zero-order valence-corrected chi connectivity index (χ0v) is 10.5. The molecule has 0 radical (unpaired) electrons. The van der Waals surface area contributed by atoms with Crippen molar-refractivity contribution in [2.24, 2.45) is 5.11 Å². The third-order valence-corrected chi connectivity index (χ3v) is 4.35. The van der Waals surface area contributed by atoms with Crippen LogP contribution in [0.2, 0.25) is 0 Å². The summed E-state index contributed by atoms with van der Waals surface area (Å²) in [6.07, 6.45) is 6.13. The van der Waals surface area contributed by atoms with E-state index in [0.29, 0.717) is 0 Å². The van der Waals surface area contributed by atoms with Crippen molar-refractivity contribution in [1.29, 1.82) is 0 Å². The van der Waals surface area contributed by atoms with Gasteiger partial charge in [0.25, 0.3) is 0 Å².